The molecule has 0 fully saturated rings. The summed E-state index contributed by atoms with van der Waals surface area (Å²) in [7, 11) is 0. The maximum atomic E-state index is 2.66. The molecule has 0 aromatic heterocycles. The van der Waals surface area contributed by atoms with E-state index in [1.807, 2.05) is 0 Å². The van der Waals surface area contributed by atoms with Gasteiger partial charge in [0.15, 0.2) is 0 Å². The van der Waals surface area contributed by atoms with Crippen molar-refractivity contribution in [2.45, 2.75) is 18.4 Å². The second-order valence-electron chi connectivity index (χ2n) is 13.4. The third-order valence-corrected chi connectivity index (χ3v) is 10.9. The Hall–Kier alpha value is -6.12. The Balaban J connectivity index is 1.26. The second kappa shape index (κ2) is 10.7. The van der Waals surface area contributed by atoms with Gasteiger partial charge in [-0.1, -0.05) is 133 Å². The van der Waals surface area contributed by atoms with Crippen molar-refractivity contribution in [1.82, 2.24) is 0 Å². The van der Waals surface area contributed by atoms with Crippen molar-refractivity contribution >= 4 is 66.8 Å². The van der Waals surface area contributed by atoms with Crippen molar-refractivity contribution in [1.29, 1.82) is 0 Å². The zero-order valence-electron chi connectivity index (χ0n) is 27.3. The maximum Gasteiger partial charge on any atom is 0.0784 e. The highest BCUT2D eigenvalue weighted by molar-refractivity contribution is 6.24. The number of para-hydroxylation sites is 2. The molecule has 8 aromatic carbocycles. The normalized spacial score (nSPS) is 17.7. The van der Waals surface area contributed by atoms with Crippen LogP contribution in [-0.2, 0) is 5.54 Å². The molecule has 8 aromatic rings. The molecule has 2 unspecified atom stereocenters. The standard InChI is InChI=1S/C47H34N2/c1-47-42-23-13-9-15-33(42)25-31-43(47)45-44-38-20-10-8-14-32(38)24-30-40(44)39-21-11-12-22-41(39)46(45)49(47)37-28-26-36(27-29-37)48(34-16-4-2-5-17-34)35-18-6-3-7-19-35/h2-31,43H,1H3. The zero-order chi connectivity index (χ0) is 32.5. The summed E-state index contributed by atoms with van der Waals surface area (Å²) in [6.07, 6.45) is 4.82. The Morgan fingerprint density at radius 2 is 1.10 bits per heavy atom. The molecule has 1 aliphatic carbocycles. The average Bonchev–Trinajstić information content (AvgIpc) is 3.45. The smallest absolute Gasteiger partial charge is 0.0784 e. The van der Waals surface area contributed by atoms with Crippen LogP contribution in [0, 0.1) is 0 Å². The Labute approximate surface area is 286 Å². The number of fused-ring (bicyclic) bond motifs is 12. The van der Waals surface area contributed by atoms with Gasteiger partial charge in [-0.15, -0.1) is 0 Å². The van der Waals surface area contributed by atoms with Gasteiger partial charge < -0.3 is 9.80 Å². The van der Waals surface area contributed by atoms with Gasteiger partial charge in [-0.3, -0.25) is 0 Å². The lowest BCUT2D eigenvalue weighted by molar-refractivity contribution is 0.460. The Kier molecular flexibility index (Phi) is 6.10. The van der Waals surface area contributed by atoms with Crippen molar-refractivity contribution in [3.8, 4) is 0 Å². The summed E-state index contributed by atoms with van der Waals surface area (Å²) < 4.78 is 0. The molecule has 10 rings (SSSR count). The first-order chi connectivity index (χ1) is 24.2. The van der Waals surface area contributed by atoms with Crippen LogP contribution in [0.15, 0.2) is 176 Å². The molecular formula is C47H34N2. The van der Waals surface area contributed by atoms with Crippen LogP contribution in [0.4, 0.5) is 28.4 Å². The van der Waals surface area contributed by atoms with Crippen LogP contribution in [0.1, 0.15) is 29.5 Å². The first-order valence-electron chi connectivity index (χ1n) is 17.2. The molecule has 2 aliphatic rings. The summed E-state index contributed by atoms with van der Waals surface area (Å²) >= 11 is 0. The number of benzene rings is 8. The van der Waals surface area contributed by atoms with Crippen LogP contribution >= 0.6 is 0 Å². The predicted molar refractivity (Wildman–Crippen MR) is 208 cm³/mol. The second-order valence-corrected chi connectivity index (χ2v) is 13.4. The van der Waals surface area contributed by atoms with Crippen LogP contribution in [0.2, 0.25) is 0 Å². The molecule has 2 heteroatoms. The Morgan fingerprint density at radius 1 is 0.510 bits per heavy atom. The van der Waals surface area contributed by atoms with Gasteiger partial charge in [0.2, 0.25) is 0 Å². The van der Waals surface area contributed by atoms with E-state index in [1.165, 1.54) is 60.4 Å². The van der Waals surface area contributed by atoms with E-state index < -0.39 is 0 Å². The Bertz CT molecular complexity index is 2530. The highest BCUT2D eigenvalue weighted by atomic mass is 15.2. The Morgan fingerprint density at radius 3 is 1.84 bits per heavy atom. The monoisotopic (exact) mass is 626 g/mol. The van der Waals surface area contributed by atoms with E-state index in [-0.39, 0.29) is 11.5 Å². The molecule has 2 nitrogen and oxygen atoms in total. The van der Waals surface area contributed by atoms with Gasteiger partial charge in [-0.2, -0.15) is 0 Å². The van der Waals surface area contributed by atoms with Crippen molar-refractivity contribution in [2.75, 3.05) is 9.80 Å². The molecule has 1 heterocycles. The fourth-order valence-corrected chi connectivity index (χ4v) is 8.79. The number of anilines is 5. The van der Waals surface area contributed by atoms with Crippen LogP contribution in [0.5, 0.6) is 0 Å². The minimum absolute atomic E-state index is 0.153. The lowest BCUT2D eigenvalue weighted by Crippen LogP contribution is -2.42. The molecule has 0 N–H and O–H groups in total. The molecule has 0 saturated carbocycles. The number of rotatable bonds is 4. The molecule has 0 radical (unpaired) electrons. The quantitative estimate of drug-likeness (QED) is 0.179. The van der Waals surface area contributed by atoms with Gasteiger partial charge >= 0.3 is 0 Å². The highest BCUT2D eigenvalue weighted by Crippen LogP contribution is 2.63. The summed E-state index contributed by atoms with van der Waals surface area (Å²) in [6.45, 7) is 2.46. The molecule has 0 spiro atoms. The van der Waals surface area contributed by atoms with E-state index in [4.69, 9.17) is 0 Å². The lowest BCUT2D eigenvalue weighted by Gasteiger charge is -2.43. The third-order valence-electron chi connectivity index (χ3n) is 10.9. The van der Waals surface area contributed by atoms with Crippen LogP contribution < -0.4 is 9.80 Å². The molecule has 232 valence electrons. The first kappa shape index (κ1) is 27.9. The number of hydrogen-bond acceptors (Lipinski definition) is 2. The summed E-state index contributed by atoms with van der Waals surface area (Å²) in [5.41, 5.74) is 9.60. The van der Waals surface area contributed by atoms with Crippen molar-refractivity contribution < 1.29 is 0 Å². The fraction of sp³-hybridized carbons (Fsp3) is 0.0638. The molecule has 0 amide bonds. The summed E-state index contributed by atoms with van der Waals surface area (Å²) in [5.74, 6) is 0.153. The van der Waals surface area contributed by atoms with Gasteiger partial charge in [0.1, 0.15) is 0 Å². The van der Waals surface area contributed by atoms with E-state index in [9.17, 15) is 0 Å². The van der Waals surface area contributed by atoms with E-state index in [2.05, 4.69) is 199 Å². The summed E-state index contributed by atoms with van der Waals surface area (Å²) in [4.78, 5) is 5.00. The molecule has 0 saturated heterocycles. The predicted octanol–water partition coefficient (Wildman–Crippen LogP) is 12.8. The molecule has 49 heavy (non-hydrogen) atoms. The molecule has 0 bridgehead atoms. The van der Waals surface area contributed by atoms with Crippen LogP contribution in [0.3, 0.4) is 0 Å². The van der Waals surface area contributed by atoms with E-state index >= 15 is 0 Å². The molecule has 1 aliphatic heterocycles. The fourth-order valence-electron chi connectivity index (χ4n) is 8.79. The van der Waals surface area contributed by atoms with E-state index in [0.29, 0.717) is 0 Å². The molecule has 2 atom stereocenters. The number of nitrogens with zero attached hydrogens (tertiary/aromatic N) is 2. The van der Waals surface area contributed by atoms with Crippen LogP contribution in [-0.4, -0.2) is 0 Å². The minimum Gasteiger partial charge on any atom is -0.330 e. The van der Waals surface area contributed by atoms with E-state index in [0.717, 1.165) is 17.1 Å². The first-order valence-corrected chi connectivity index (χ1v) is 17.2. The van der Waals surface area contributed by atoms with Crippen LogP contribution in [0.25, 0.3) is 38.4 Å². The average molecular weight is 627 g/mol. The summed E-state index contributed by atoms with van der Waals surface area (Å²) in [5, 5.41) is 7.87. The zero-order valence-corrected chi connectivity index (χ0v) is 27.3. The van der Waals surface area contributed by atoms with Crippen molar-refractivity contribution in [2.24, 2.45) is 0 Å². The SMILES string of the molecule is CC12c3ccccc3C=CC1c1c(c3ccccc3c3ccc4ccccc4c13)N2c1ccc(N(c2ccccc2)c2ccccc2)cc1. The van der Waals surface area contributed by atoms with Crippen molar-refractivity contribution in [3.63, 3.8) is 0 Å². The maximum absolute atomic E-state index is 2.66. The third kappa shape index (κ3) is 4.01. The lowest BCUT2D eigenvalue weighted by atomic mass is 9.72. The minimum atomic E-state index is -0.345. The largest absolute Gasteiger partial charge is 0.330 e. The van der Waals surface area contributed by atoms with Crippen molar-refractivity contribution in [3.05, 3.63) is 193 Å². The van der Waals surface area contributed by atoms with Gasteiger partial charge in [0.25, 0.3) is 0 Å². The van der Waals surface area contributed by atoms with Gasteiger partial charge in [-0.05, 0) is 99.1 Å². The van der Waals surface area contributed by atoms with Gasteiger partial charge in [0.05, 0.1) is 11.2 Å². The topological polar surface area (TPSA) is 6.48 Å². The van der Waals surface area contributed by atoms with E-state index in [1.54, 1.807) is 0 Å². The van der Waals surface area contributed by atoms with Gasteiger partial charge in [-0.25, -0.2) is 0 Å². The van der Waals surface area contributed by atoms with Gasteiger partial charge in [0, 0.05) is 34.1 Å². The molecular weight excluding hydrogens is 593 g/mol. The number of hydrogen-bond donors (Lipinski definition) is 0. The highest BCUT2D eigenvalue weighted by Gasteiger charge is 2.52. The summed E-state index contributed by atoms with van der Waals surface area (Å²) in [6, 6.07) is 62.0.